The Morgan fingerprint density at radius 3 is 2.22 bits per heavy atom. The van der Waals surface area contributed by atoms with Crippen LogP contribution in [0.3, 0.4) is 0 Å². The molecule has 0 spiro atoms. The summed E-state index contributed by atoms with van der Waals surface area (Å²) < 4.78 is 6.33. The molecule has 0 radical (unpaired) electrons. The van der Waals surface area contributed by atoms with Crippen LogP contribution in [0.5, 0.6) is 5.75 Å². The second-order valence-corrected chi connectivity index (χ2v) is 5.75. The summed E-state index contributed by atoms with van der Waals surface area (Å²) in [6.07, 6.45) is 5.98. The normalized spacial score (nSPS) is 18.7. The zero-order valence-corrected chi connectivity index (χ0v) is 11.9. The summed E-state index contributed by atoms with van der Waals surface area (Å²) in [6.45, 7) is 7.03. The third-order valence-corrected chi connectivity index (χ3v) is 4.25. The standard InChI is InChI=1S/C16H25NO/c1-12-9-14(3)15(10-13(12)2)18-16(11-17)7-5-4-6-8-16/h9-10H,4-8,11,17H2,1-3H3. The minimum absolute atomic E-state index is 0.120. The van der Waals surface area contributed by atoms with Crippen molar-refractivity contribution in [2.75, 3.05) is 6.54 Å². The van der Waals surface area contributed by atoms with Crippen molar-refractivity contribution < 1.29 is 4.74 Å². The Balaban J connectivity index is 2.24. The Bertz CT molecular complexity index is 419. The van der Waals surface area contributed by atoms with Crippen LogP contribution >= 0.6 is 0 Å². The van der Waals surface area contributed by atoms with Gasteiger partial charge in [0.2, 0.25) is 0 Å². The van der Waals surface area contributed by atoms with E-state index >= 15 is 0 Å². The van der Waals surface area contributed by atoms with Gasteiger partial charge in [0, 0.05) is 6.54 Å². The molecule has 1 aromatic rings. The van der Waals surface area contributed by atoms with Crippen molar-refractivity contribution in [1.82, 2.24) is 0 Å². The zero-order chi connectivity index (χ0) is 13.2. The van der Waals surface area contributed by atoms with Crippen LogP contribution in [0.15, 0.2) is 12.1 Å². The molecule has 0 unspecified atom stereocenters. The van der Waals surface area contributed by atoms with Crippen molar-refractivity contribution in [2.24, 2.45) is 5.73 Å². The van der Waals surface area contributed by atoms with E-state index in [9.17, 15) is 0 Å². The Hall–Kier alpha value is -1.02. The smallest absolute Gasteiger partial charge is 0.123 e. The first-order chi connectivity index (χ1) is 8.56. The summed E-state index contributed by atoms with van der Waals surface area (Å²) in [5.41, 5.74) is 9.69. The number of hydrogen-bond donors (Lipinski definition) is 1. The van der Waals surface area contributed by atoms with Crippen molar-refractivity contribution in [2.45, 2.75) is 58.5 Å². The van der Waals surface area contributed by atoms with Gasteiger partial charge in [0.1, 0.15) is 11.4 Å². The van der Waals surface area contributed by atoms with Crippen molar-refractivity contribution >= 4 is 0 Å². The molecule has 2 heteroatoms. The van der Waals surface area contributed by atoms with Crippen LogP contribution < -0.4 is 10.5 Å². The van der Waals surface area contributed by atoms with Crippen molar-refractivity contribution in [3.63, 3.8) is 0 Å². The Morgan fingerprint density at radius 2 is 1.61 bits per heavy atom. The highest BCUT2D eigenvalue weighted by Gasteiger charge is 2.33. The first kappa shape index (κ1) is 13.4. The van der Waals surface area contributed by atoms with Crippen LogP contribution in [-0.2, 0) is 0 Å². The van der Waals surface area contributed by atoms with E-state index in [-0.39, 0.29) is 5.60 Å². The Morgan fingerprint density at radius 1 is 1.00 bits per heavy atom. The van der Waals surface area contributed by atoms with Gasteiger partial charge < -0.3 is 10.5 Å². The molecule has 100 valence electrons. The second-order valence-electron chi connectivity index (χ2n) is 5.75. The van der Waals surface area contributed by atoms with Crippen molar-refractivity contribution in [1.29, 1.82) is 0 Å². The van der Waals surface area contributed by atoms with Crippen LogP contribution in [0.1, 0.15) is 48.8 Å². The van der Waals surface area contributed by atoms with E-state index in [0.717, 1.165) is 18.6 Å². The summed E-state index contributed by atoms with van der Waals surface area (Å²) in [6, 6.07) is 4.37. The van der Waals surface area contributed by atoms with E-state index in [4.69, 9.17) is 10.5 Å². The molecular weight excluding hydrogens is 222 g/mol. The topological polar surface area (TPSA) is 35.2 Å². The molecule has 2 N–H and O–H groups in total. The molecule has 18 heavy (non-hydrogen) atoms. The lowest BCUT2D eigenvalue weighted by Crippen LogP contribution is -2.45. The summed E-state index contributed by atoms with van der Waals surface area (Å²) in [7, 11) is 0. The van der Waals surface area contributed by atoms with Gasteiger partial charge in [-0.1, -0.05) is 12.5 Å². The van der Waals surface area contributed by atoms with Gasteiger partial charge in [-0.25, -0.2) is 0 Å². The predicted octanol–water partition coefficient (Wildman–Crippen LogP) is 3.65. The van der Waals surface area contributed by atoms with Gasteiger partial charge in [-0.05, 0) is 69.2 Å². The van der Waals surface area contributed by atoms with Crippen LogP contribution in [-0.4, -0.2) is 12.1 Å². The largest absolute Gasteiger partial charge is 0.486 e. The van der Waals surface area contributed by atoms with Crippen LogP contribution in [0.2, 0.25) is 0 Å². The molecule has 0 saturated heterocycles. The third-order valence-electron chi connectivity index (χ3n) is 4.25. The zero-order valence-electron chi connectivity index (χ0n) is 11.9. The fourth-order valence-corrected chi connectivity index (χ4v) is 2.82. The van der Waals surface area contributed by atoms with Gasteiger partial charge in [-0.15, -0.1) is 0 Å². The molecule has 1 aliphatic carbocycles. The van der Waals surface area contributed by atoms with E-state index in [1.807, 2.05) is 0 Å². The van der Waals surface area contributed by atoms with Crippen molar-refractivity contribution in [3.05, 3.63) is 28.8 Å². The van der Waals surface area contributed by atoms with Gasteiger partial charge in [-0.2, -0.15) is 0 Å². The van der Waals surface area contributed by atoms with Gasteiger partial charge >= 0.3 is 0 Å². The van der Waals surface area contributed by atoms with E-state index in [0.29, 0.717) is 6.54 Å². The van der Waals surface area contributed by atoms with Crippen molar-refractivity contribution in [3.8, 4) is 5.75 Å². The third kappa shape index (κ3) is 2.69. The molecular formula is C16H25NO. The van der Waals surface area contributed by atoms with Gasteiger partial charge in [0.05, 0.1) is 0 Å². The highest BCUT2D eigenvalue weighted by Crippen LogP contribution is 2.34. The summed E-state index contributed by atoms with van der Waals surface area (Å²) in [4.78, 5) is 0. The highest BCUT2D eigenvalue weighted by atomic mass is 16.5. The average Bonchev–Trinajstić information content (AvgIpc) is 2.37. The highest BCUT2D eigenvalue weighted by molar-refractivity contribution is 5.41. The van der Waals surface area contributed by atoms with Gasteiger partial charge in [0.15, 0.2) is 0 Å². The fourth-order valence-electron chi connectivity index (χ4n) is 2.82. The molecule has 1 aromatic carbocycles. The maximum atomic E-state index is 6.33. The molecule has 0 heterocycles. The molecule has 0 aliphatic heterocycles. The predicted molar refractivity (Wildman–Crippen MR) is 76.2 cm³/mol. The lowest BCUT2D eigenvalue weighted by atomic mass is 9.84. The number of ether oxygens (including phenoxy) is 1. The van der Waals surface area contributed by atoms with E-state index < -0.39 is 0 Å². The molecule has 2 nitrogen and oxygen atoms in total. The second kappa shape index (κ2) is 5.31. The molecule has 1 fully saturated rings. The van der Waals surface area contributed by atoms with E-state index in [1.165, 1.54) is 36.0 Å². The maximum Gasteiger partial charge on any atom is 0.123 e. The van der Waals surface area contributed by atoms with Crippen LogP contribution in [0, 0.1) is 20.8 Å². The Labute approximate surface area is 111 Å². The summed E-state index contributed by atoms with van der Waals surface area (Å²) in [5, 5.41) is 0. The average molecular weight is 247 g/mol. The van der Waals surface area contributed by atoms with Crippen LogP contribution in [0.25, 0.3) is 0 Å². The number of rotatable bonds is 3. The number of hydrogen-bond acceptors (Lipinski definition) is 2. The van der Waals surface area contributed by atoms with Crippen LogP contribution in [0.4, 0.5) is 0 Å². The molecule has 0 bridgehead atoms. The number of aryl methyl sites for hydroxylation is 3. The Kier molecular flexibility index (Phi) is 3.96. The molecule has 0 atom stereocenters. The summed E-state index contributed by atoms with van der Waals surface area (Å²) in [5.74, 6) is 1.02. The number of nitrogens with two attached hydrogens (primary N) is 1. The number of benzene rings is 1. The maximum absolute atomic E-state index is 6.33. The quantitative estimate of drug-likeness (QED) is 0.884. The molecule has 0 amide bonds. The SMILES string of the molecule is Cc1cc(C)c(OC2(CN)CCCCC2)cc1C. The van der Waals surface area contributed by atoms with E-state index in [2.05, 4.69) is 32.9 Å². The minimum Gasteiger partial charge on any atom is -0.486 e. The first-order valence-electron chi connectivity index (χ1n) is 7.03. The molecule has 2 rings (SSSR count). The van der Waals surface area contributed by atoms with Gasteiger partial charge in [0.25, 0.3) is 0 Å². The lowest BCUT2D eigenvalue weighted by Gasteiger charge is -2.37. The fraction of sp³-hybridized carbons (Fsp3) is 0.625. The van der Waals surface area contributed by atoms with E-state index in [1.54, 1.807) is 0 Å². The molecule has 1 saturated carbocycles. The first-order valence-corrected chi connectivity index (χ1v) is 7.03. The van der Waals surface area contributed by atoms with Gasteiger partial charge in [-0.3, -0.25) is 0 Å². The minimum atomic E-state index is -0.120. The molecule has 0 aromatic heterocycles. The monoisotopic (exact) mass is 247 g/mol. The lowest BCUT2D eigenvalue weighted by molar-refractivity contribution is 0.0380. The molecule has 1 aliphatic rings. The summed E-state index contributed by atoms with van der Waals surface area (Å²) >= 11 is 0.